The molecule has 0 atom stereocenters. The molecule has 0 aliphatic heterocycles. The van der Waals surface area contributed by atoms with Crippen LogP contribution in [-0.4, -0.2) is 16.3 Å². The maximum absolute atomic E-state index is 12.5. The topological polar surface area (TPSA) is 56.0 Å². The molecule has 0 saturated heterocycles. The second kappa shape index (κ2) is 5.33. The van der Waals surface area contributed by atoms with Gasteiger partial charge in [-0.25, -0.2) is 0 Å². The predicted octanol–water partition coefficient (Wildman–Crippen LogP) is 3.47. The first-order valence-corrected chi connectivity index (χ1v) is 7.33. The van der Waals surface area contributed by atoms with Gasteiger partial charge in [0.15, 0.2) is 5.78 Å². The van der Waals surface area contributed by atoms with Gasteiger partial charge in [-0.2, -0.15) is 0 Å². The molecule has 1 saturated carbocycles. The highest BCUT2D eigenvalue weighted by Crippen LogP contribution is 2.30. The van der Waals surface area contributed by atoms with Crippen LogP contribution in [0.25, 0.3) is 10.9 Å². The lowest BCUT2D eigenvalue weighted by Gasteiger charge is -2.32. The van der Waals surface area contributed by atoms with Gasteiger partial charge >= 0.3 is 0 Å². The summed E-state index contributed by atoms with van der Waals surface area (Å²) in [6.07, 6.45) is 7.69. The lowest BCUT2D eigenvalue weighted by Crippen LogP contribution is -2.43. The van der Waals surface area contributed by atoms with Crippen LogP contribution in [0.2, 0.25) is 0 Å². The van der Waals surface area contributed by atoms with Crippen molar-refractivity contribution in [2.75, 3.05) is 0 Å². The molecule has 1 fully saturated rings. The molecule has 0 radical (unpaired) electrons. The van der Waals surface area contributed by atoms with Gasteiger partial charge in [-0.3, -0.25) is 9.78 Å². The Hall–Kier alpha value is -1.74. The van der Waals surface area contributed by atoms with E-state index in [4.69, 9.17) is 5.73 Å². The molecule has 0 bridgehead atoms. The van der Waals surface area contributed by atoms with Gasteiger partial charge < -0.3 is 5.73 Å². The van der Waals surface area contributed by atoms with E-state index in [1.165, 1.54) is 6.42 Å². The molecule has 3 heteroatoms. The number of rotatable bonds is 3. The molecule has 0 amide bonds. The first kappa shape index (κ1) is 13.3. The van der Waals surface area contributed by atoms with Gasteiger partial charge in [0.05, 0.1) is 5.52 Å². The number of nitrogens with zero attached hydrogens (tertiary/aromatic N) is 1. The summed E-state index contributed by atoms with van der Waals surface area (Å²) in [6.45, 7) is 0. The minimum Gasteiger partial charge on any atom is -0.325 e. The molecular weight excluding hydrogens is 248 g/mol. The van der Waals surface area contributed by atoms with Gasteiger partial charge in [0.25, 0.3) is 0 Å². The average Bonchev–Trinajstić information content (AvgIpc) is 2.47. The summed E-state index contributed by atoms with van der Waals surface area (Å²) in [6, 6.07) is 9.58. The number of nitrogens with two attached hydrogens (primary N) is 1. The molecule has 1 aliphatic rings. The van der Waals surface area contributed by atoms with Crippen LogP contribution in [0.4, 0.5) is 0 Å². The Morgan fingerprint density at radius 1 is 1.20 bits per heavy atom. The van der Waals surface area contributed by atoms with E-state index in [-0.39, 0.29) is 11.3 Å². The second-order valence-corrected chi connectivity index (χ2v) is 5.93. The van der Waals surface area contributed by atoms with Gasteiger partial charge in [-0.05, 0) is 37.1 Å². The van der Waals surface area contributed by atoms with E-state index in [2.05, 4.69) is 4.98 Å². The minimum absolute atomic E-state index is 0.153. The van der Waals surface area contributed by atoms with Crippen molar-refractivity contribution in [2.24, 2.45) is 5.73 Å². The number of Topliss-reactive ketones (excluding diaryl/α,β-unsaturated/α-hetero) is 1. The van der Waals surface area contributed by atoms with Crippen LogP contribution in [0, 0.1) is 0 Å². The number of benzene rings is 1. The third kappa shape index (κ3) is 2.73. The van der Waals surface area contributed by atoms with Crippen LogP contribution < -0.4 is 5.73 Å². The number of carbonyl (C=O) groups excluding carboxylic acids is 1. The van der Waals surface area contributed by atoms with E-state index in [0.717, 1.165) is 42.1 Å². The zero-order valence-corrected chi connectivity index (χ0v) is 11.6. The Balaban J connectivity index is 1.81. The van der Waals surface area contributed by atoms with Crippen LogP contribution in [0.5, 0.6) is 0 Å². The average molecular weight is 268 g/mol. The summed E-state index contributed by atoms with van der Waals surface area (Å²) in [7, 11) is 0. The van der Waals surface area contributed by atoms with Crippen LogP contribution in [0.3, 0.4) is 0 Å². The van der Waals surface area contributed by atoms with Crippen LogP contribution >= 0.6 is 0 Å². The summed E-state index contributed by atoms with van der Waals surface area (Å²) in [5.74, 6) is 0.153. The smallest absolute Gasteiger partial charge is 0.164 e. The van der Waals surface area contributed by atoms with Crippen molar-refractivity contribution >= 4 is 16.7 Å². The molecule has 3 nitrogen and oxygen atoms in total. The van der Waals surface area contributed by atoms with Crippen molar-refractivity contribution in [2.45, 2.75) is 44.1 Å². The molecule has 1 aromatic carbocycles. The first-order chi connectivity index (χ1) is 9.66. The second-order valence-electron chi connectivity index (χ2n) is 5.93. The molecule has 1 aliphatic carbocycles. The Labute approximate surface area is 119 Å². The highest BCUT2D eigenvalue weighted by atomic mass is 16.1. The standard InChI is InChI=1S/C17H20N2O/c18-17(8-2-1-3-9-17)12-16(20)14-6-7-15-13(11-14)5-4-10-19-15/h4-7,10-11H,1-3,8-9,12,18H2. The molecule has 2 N–H and O–H groups in total. The SMILES string of the molecule is NC1(CC(=O)c2ccc3ncccc3c2)CCCCC1. The van der Waals surface area contributed by atoms with E-state index < -0.39 is 0 Å². The van der Waals surface area contributed by atoms with Crippen LogP contribution in [0.15, 0.2) is 36.5 Å². The van der Waals surface area contributed by atoms with Crippen molar-refractivity contribution in [1.29, 1.82) is 0 Å². The highest BCUT2D eigenvalue weighted by Gasteiger charge is 2.30. The number of hydrogen-bond acceptors (Lipinski definition) is 3. The molecule has 1 aromatic heterocycles. The van der Waals surface area contributed by atoms with Gasteiger partial charge in [0.2, 0.25) is 0 Å². The van der Waals surface area contributed by atoms with Crippen molar-refractivity contribution in [3.8, 4) is 0 Å². The summed E-state index contributed by atoms with van der Waals surface area (Å²) < 4.78 is 0. The lowest BCUT2D eigenvalue weighted by molar-refractivity contribution is 0.0935. The van der Waals surface area contributed by atoms with E-state index >= 15 is 0 Å². The number of hydrogen-bond donors (Lipinski definition) is 1. The number of fused-ring (bicyclic) bond motifs is 1. The maximum Gasteiger partial charge on any atom is 0.164 e. The fourth-order valence-corrected chi connectivity index (χ4v) is 3.10. The Kier molecular flexibility index (Phi) is 3.53. The van der Waals surface area contributed by atoms with Gasteiger partial charge in [0, 0.05) is 29.1 Å². The van der Waals surface area contributed by atoms with Gasteiger partial charge in [-0.1, -0.05) is 25.3 Å². The van der Waals surface area contributed by atoms with Crippen molar-refractivity contribution < 1.29 is 4.79 Å². The molecular formula is C17H20N2O. The number of aromatic nitrogens is 1. The molecule has 2 aromatic rings. The normalized spacial score (nSPS) is 18.1. The molecule has 3 rings (SSSR count). The molecule has 0 spiro atoms. The number of ketones is 1. The fourth-order valence-electron chi connectivity index (χ4n) is 3.10. The zero-order chi connectivity index (χ0) is 14.0. The van der Waals surface area contributed by atoms with Crippen molar-refractivity contribution in [1.82, 2.24) is 4.98 Å². The first-order valence-electron chi connectivity index (χ1n) is 7.33. The summed E-state index contributed by atoms with van der Waals surface area (Å²) >= 11 is 0. The van der Waals surface area contributed by atoms with E-state index in [0.29, 0.717) is 6.42 Å². The van der Waals surface area contributed by atoms with Crippen LogP contribution in [-0.2, 0) is 0 Å². The largest absolute Gasteiger partial charge is 0.325 e. The number of carbonyl (C=O) groups is 1. The van der Waals surface area contributed by atoms with Gasteiger partial charge in [0.1, 0.15) is 0 Å². The maximum atomic E-state index is 12.5. The van der Waals surface area contributed by atoms with Crippen molar-refractivity contribution in [3.05, 3.63) is 42.1 Å². The molecule has 104 valence electrons. The van der Waals surface area contributed by atoms with E-state index in [1.807, 2.05) is 30.3 Å². The highest BCUT2D eigenvalue weighted by molar-refractivity contribution is 5.99. The fraction of sp³-hybridized carbons (Fsp3) is 0.412. The summed E-state index contributed by atoms with van der Waals surface area (Å²) in [5, 5.41) is 1.01. The number of pyridine rings is 1. The van der Waals surface area contributed by atoms with Crippen LogP contribution in [0.1, 0.15) is 48.9 Å². The Bertz CT molecular complexity index is 630. The molecule has 20 heavy (non-hydrogen) atoms. The minimum atomic E-state index is -0.292. The molecule has 0 unspecified atom stereocenters. The molecule has 1 heterocycles. The predicted molar refractivity (Wildman–Crippen MR) is 80.7 cm³/mol. The lowest BCUT2D eigenvalue weighted by atomic mass is 9.78. The van der Waals surface area contributed by atoms with Crippen molar-refractivity contribution in [3.63, 3.8) is 0 Å². The summed E-state index contributed by atoms with van der Waals surface area (Å²) in [5.41, 5.74) is 7.76. The van der Waals surface area contributed by atoms with Gasteiger partial charge in [-0.15, -0.1) is 0 Å². The quantitative estimate of drug-likeness (QED) is 0.867. The summed E-state index contributed by atoms with van der Waals surface area (Å²) in [4.78, 5) is 16.7. The third-order valence-electron chi connectivity index (χ3n) is 4.29. The van der Waals surface area contributed by atoms with E-state index in [1.54, 1.807) is 6.20 Å². The third-order valence-corrected chi connectivity index (χ3v) is 4.29. The monoisotopic (exact) mass is 268 g/mol. The Morgan fingerprint density at radius 3 is 2.80 bits per heavy atom. The zero-order valence-electron chi connectivity index (χ0n) is 11.6. The Morgan fingerprint density at radius 2 is 2.00 bits per heavy atom. The van der Waals surface area contributed by atoms with E-state index in [9.17, 15) is 4.79 Å².